The third-order valence-electron chi connectivity index (χ3n) is 2.52. The van der Waals surface area contributed by atoms with Crippen molar-refractivity contribution in [2.24, 2.45) is 5.92 Å². The Balaban J connectivity index is 2.08. The van der Waals surface area contributed by atoms with Crippen LogP contribution in [0.3, 0.4) is 0 Å². The molecule has 0 amide bonds. The summed E-state index contributed by atoms with van der Waals surface area (Å²) in [4.78, 5) is 4.25. The molecule has 0 saturated heterocycles. The standard InChI is InChI=1S/C13H12ClN3O/c1-9(8-15)6-13-16-12(17-18-13)7-10-4-2-3-5-11(10)14/h2-5,9H,6-7H2,1H3. The Kier molecular flexibility index (Phi) is 3.96. The molecule has 5 heteroatoms. The lowest BCUT2D eigenvalue weighted by Crippen LogP contribution is -1.97. The van der Waals surface area contributed by atoms with E-state index in [4.69, 9.17) is 21.4 Å². The number of hydrogen-bond donors (Lipinski definition) is 0. The number of rotatable bonds is 4. The summed E-state index contributed by atoms with van der Waals surface area (Å²) in [6.07, 6.45) is 1.01. The molecule has 0 radical (unpaired) electrons. The number of nitrogens with zero attached hydrogens (tertiary/aromatic N) is 3. The minimum Gasteiger partial charge on any atom is -0.339 e. The maximum absolute atomic E-state index is 8.72. The molecule has 1 unspecified atom stereocenters. The number of halogens is 1. The van der Waals surface area contributed by atoms with Gasteiger partial charge in [-0.05, 0) is 18.6 Å². The van der Waals surface area contributed by atoms with Crippen molar-refractivity contribution in [3.8, 4) is 6.07 Å². The Labute approximate surface area is 110 Å². The van der Waals surface area contributed by atoms with Gasteiger partial charge in [0.1, 0.15) is 0 Å². The molecule has 0 bridgehead atoms. The topological polar surface area (TPSA) is 62.7 Å². The second-order valence-electron chi connectivity index (χ2n) is 4.11. The van der Waals surface area contributed by atoms with Gasteiger partial charge in [0.2, 0.25) is 5.89 Å². The Morgan fingerprint density at radius 1 is 1.44 bits per heavy atom. The Hall–Kier alpha value is -1.86. The molecule has 1 aromatic carbocycles. The first-order valence-electron chi connectivity index (χ1n) is 5.63. The van der Waals surface area contributed by atoms with Crippen molar-refractivity contribution in [2.45, 2.75) is 19.8 Å². The van der Waals surface area contributed by atoms with Crippen LogP contribution in [0, 0.1) is 17.2 Å². The largest absolute Gasteiger partial charge is 0.339 e. The maximum Gasteiger partial charge on any atom is 0.227 e. The average molecular weight is 262 g/mol. The van der Waals surface area contributed by atoms with E-state index in [9.17, 15) is 0 Å². The zero-order chi connectivity index (χ0) is 13.0. The highest BCUT2D eigenvalue weighted by Gasteiger charge is 2.11. The normalized spacial score (nSPS) is 12.1. The molecule has 18 heavy (non-hydrogen) atoms. The number of nitriles is 1. The SMILES string of the molecule is CC(C#N)Cc1nc(Cc2ccccc2Cl)no1. The Bertz CT molecular complexity index is 574. The summed E-state index contributed by atoms with van der Waals surface area (Å²) >= 11 is 6.06. The molecular weight excluding hydrogens is 250 g/mol. The summed E-state index contributed by atoms with van der Waals surface area (Å²) in [5.41, 5.74) is 0.958. The molecule has 2 rings (SSSR count). The fraction of sp³-hybridized carbons (Fsp3) is 0.308. The van der Waals surface area contributed by atoms with Crippen LogP contribution in [0.1, 0.15) is 24.2 Å². The second kappa shape index (κ2) is 5.65. The summed E-state index contributed by atoms with van der Waals surface area (Å²) in [5, 5.41) is 13.3. The first kappa shape index (κ1) is 12.6. The summed E-state index contributed by atoms with van der Waals surface area (Å²) < 4.78 is 5.09. The predicted molar refractivity (Wildman–Crippen MR) is 67.0 cm³/mol. The van der Waals surface area contributed by atoms with E-state index in [0.29, 0.717) is 29.6 Å². The van der Waals surface area contributed by atoms with Crippen molar-refractivity contribution in [2.75, 3.05) is 0 Å². The van der Waals surface area contributed by atoms with Gasteiger partial charge in [-0.15, -0.1) is 0 Å². The number of hydrogen-bond acceptors (Lipinski definition) is 4. The van der Waals surface area contributed by atoms with E-state index in [-0.39, 0.29) is 5.92 Å². The monoisotopic (exact) mass is 261 g/mol. The minimum absolute atomic E-state index is 0.126. The van der Waals surface area contributed by atoms with Gasteiger partial charge in [0, 0.05) is 17.9 Å². The molecule has 0 aliphatic carbocycles. The zero-order valence-electron chi connectivity index (χ0n) is 9.93. The van der Waals surface area contributed by atoms with Crippen molar-refractivity contribution < 1.29 is 4.52 Å². The van der Waals surface area contributed by atoms with Crippen LogP contribution in [-0.2, 0) is 12.8 Å². The van der Waals surface area contributed by atoms with Crippen molar-refractivity contribution >= 4 is 11.6 Å². The van der Waals surface area contributed by atoms with Crippen LogP contribution in [-0.4, -0.2) is 10.1 Å². The third-order valence-corrected chi connectivity index (χ3v) is 2.89. The predicted octanol–water partition coefficient (Wildman–Crippen LogP) is 3.02. The third kappa shape index (κ3) is 3.08. The molecule has 1 atom stereocenters. The molecule has 0 aliphatic rings. The van der Waals surface area contributed by atoms with E-state index < -0.39 is 0 Å². The van der Waals surface area contributed by atoms with E-state index in [1.165, 1.54) is 0 Å². The first-order chi connectivity index (χ1) is 8.69. The van der Waals surface area contributed by atoms with Gasteiger partial charge in [-0.2, -0.15) is 10.2 Å². The van der Waals surface area contributed by atoms with Crippen LogP contribution in [0.5, 0.6) is 0 Å². The van der Waals surface area contributed by atoms with E-state index in [0.717, 1.165) is 5.56 Å². The highest BCUT2D eigenvalue weighted by molar-refractivity contribution is 6.31. The zero-order valence-corrected chi connectivity index (χ0v) is 10.7. The van der Waals surface area contributed by atoms with Gasteiger partial charge in [-0.3, -0.25) is 0 Å². The van der Waals surface area contributed by atoms with E-state index in [1.54, 1.807) is 0 Å². The molecule has 92 valence electrons. The fourth-order valence-electron chi connectivity index (χ4n) is 1.56. The summed E-state index contributed by atoms with van der Waals surface area (Å²) in [5.74, 6) is 0.952. The first-order valence-corrected chi connectivity index (χ1v) is 6.01. The second-order valence-corrected chi connectivity index (χ2v) is 4.51. The van der Waals surface area contributed by atoms with Gasteiger partial charge < -0.3 is 4.52 Å². The fourth-order valence-corrected chi connectivity index (χ4v) is 1.77. The molecule has 0 N–H and O–H groups in total. The molecule has 4 nitrogen and oxygen atoms in total. The molecule has 1 heterocycles. The van der Waals surface area contributed by atoms with Crippen LogP contribution in [0.15, 0.2) is 28.8 Å². The minimum atomic E-state index is -0.126. The van der Waals surface area contributed by atoms with Crippen LogP contribution >= 0.6 is 11.6 Å². The van der Waals surface area contributed by atoms with Crippen LogP contribution in [0.2, 0.25) is 5.02 Å². The summed E-state index contributed by atoms with van der Waals surface area (Å²) in [6, 6.07) is 9.68. The van der Waals surface area contributed by atoms with Gasteiger partial charge >= 0.3 is 0 Å². The van der Waals surface area contributed by atoms with Gasteiger partial charge in [-0.1, -0.05) is 35.0 Å². The molecule has 0 fully saturated rings. The van der Waals surface area contributed by atoms with Crippen LogP contribution in [0.4, 0.5) is 0 Å². The molecule has 0 aliphatic heterocycles. The molecule has 1 aromatic heterocycles. The Morgan fingerprint density at radius 2 is 2.22 bits per heavy atom. The van der Waals surface area contributed by atoms with E-state index >= 15 is 0 Å². The molecule has 0 saturated carbocycles. The molecule has 2 aromatic rings. The lowest BCUT2D eigenvalue weighted by atomic mass is 10.1. The molecular formula is C13H12ClN3O. The lowest BCUT2D eigenvalue weighted by molar-refractivity contribution is 0.365. The van der Waals surface area contributed by atoms with E-state index in [1.807, 2.05) is 31.2 Å². The van der Waals surface area contributed by atoms with E-state index in [2.05, 4.69) is 16.2 Å². The average Bonchev–Trinajstić information content (AvgIpc) is 2.79. The van der Waals surface area contributed by atoms with Gasteiger partial charge in [0.05, 0.1) is 12.0 Å². The number of benzene rings is 1. The van der Waals surface area contributed by atoms with Gasteiger partial charge in [0.25, 0.3) is 0 Å². The smallest absolute Gasteiger partial charge is 0.227 e. The van der Waals surface area contributed by atoms with Gasteiger partial charge in [0.15, 0.2) is 5.82 Å². The molecule has 0 spiro atoms. The maximum atomic E-state index is 8.72. The summed E-state index contributed by atoms with van der Waals surface area (Å²) in [7, 11) is 0. The van der Waals surface area contributed by atoms with Crippen LogP contribution < -0.4 is 0 Å². The summed E-state index contributed by atoms with van der Waals surface area (Å²) in [6.45, 7) is 1.82. The lowest BCUT2D eigenvalue weighted by Gasteiger charge is -1.99. The quantitative estimate of drug-likeness (QED) is 0.849. The van der Waals surface area contributed by atoms with Crippen LogP contribution in [0.25, 0.3) is 0 Å². The van der Waals surface area contributed by atoms with Crippen molar-refractivity contribution in [1.29, 1.82) is 5.26 Å². The van der Waals surface area contributed by atoms with Crippen molar-refractivity contribution in [3.05, 3.63) is 46.6 Å². The highest BCUT2D eigenvalue weighted by atomic mass is 35.5. The number of aromatic nitrogens is 2. The Morgan fingerprint density at radius 3 is 2.94 bits per heavy atom. The van der Waals surface area contributed by atoms with Crippen molar-refractivity contribution in [1.82, 2.24) is 10.1 Å². The highest BCUT2D eigenvalue weighted by Crippen LogP contribution is 2.18. The van der Waals surface area contributed by atoms with Crippen molar-refractivity contribution in [3.63, 3.8) is 0 Å². The van der Waals surface area contributed by atoms with Gasteiger partial charge in [-0.25, -0.2) is 0 Å².